The van der Waals surface area contributed by atoms with Crippen molar-refractivity contribution in [2.75, 3.05) is 13.7 Å². The fraction of sp³-hybridized carbons (Fsp3) is 0.500. The molecular formula is C14H18N2O3. The molecule has 2 atom stereocenters. The molecule has 0 spiro atoms. The lowest BCUT2D eigenvalue weighted by Crippen LogP contribution is -2.21. The van der Waals surface area contributed by atoms with Crippen molar-refractivity contribution in [3.8, 4) is 5.88 Å². The zero-order valence-electron chi connectivity index (χ0n) is 11.2. The summed E-state index contributed by atoms with van der Waals surface area (Å²) in [5.41, 5.74) is 0.184. The van der Waals surface area contributed by atoms with E-state index in [9.17, 15) is 4.79 Å². The van der Waals surface area contributed by atoms with E-state index in [1.165, 1.54) is 19.5 Å². The van der Waals surface area contributed by atoms with Gasteiger partial charge in [0.2, 0.25) is 5.88 Å². The Morgan fingerprint density at radius 3 is 2.74 bits per heavy atom. The molecule has 1 heterocycles. The number of ether oxygens (including phenoxy) is 2. The molecule has 0 radical (unpaired) electrons. The summed E-state index contributed by atoms with van der Waals surface area (Å²) in [6, 6.07) is 0. The number of hydrogen-bond acceptors (Lipinski definition) is 5. The van der Waals surface area contributed by atoms with Gasteiger partial charge in [-0.05, 0) is 24.7 Å². The maximum Gasteiger partial charge on any atom is 0.358 e. The Balaban J connectivity index is 1.89. The van der Waals surface area contributed by atoms with Crippen molar-refractivity contribution >= 4 is 5.97 Å². The fourth-order valence-electron chi connectivity index (χ4n) is 2.03. The van der Waals surface area contributed by atoms with E-state index in [1.54, 1.807) is 0 Å². The molecule has 1 aliphatic carbocycles. The van der Waals surface area contributed by atoms with Crippen LogP contribution in [0.15, 0.2) is 24.5 Å². The molecule has 0 fully saturated rings. The maximum atomic E-state index is 11.2. The van der Waals surface area contributed by atoms with Crippen molar-refractivity contribution in [1.29, 1.82) is 0 Å². The first-order chi connectivity index (χ1) is 9.20. The van der Waals surface area contributed by atoms with Gasteiger partial charge < -0.3 is 9.47 Å². The van der Waals surface area contributed by atoms with Gasteiger partial charge in [-0.1, -0.05) is 19.1 Å². The molecule has 2 rings (SSSR count). The zero-order chi connectivity index (χ0) is 13.7. The van der Waals surface area contributed by atoms with E-state index in [-0.39, 0.29) is 5.69 Å². The normalized spacial score (nSPS) is 22.0. The smallest absolute Gasteiger partial charge is 0.358 e. The van der Waals surface area contributed by atoms with Gasteiger partial charge in [0.15, 0.2) is 5.69 Å². The molecule has 0 aromatic carbocycles. The van der Waals surface area contributed by atoms with Gasteiger partial charge >= 0.3 is 5.97 Å². The van der Waals surface area contributed by atoms with Crippen LogP contribution in [0.4, 0.5) is 0 Å². The predicted molar refractivity (Wildman–Crippen MR) is 69.9 cm³/mol. The molecule has 1 aromatic rings. The number of esters is 1. The van der Waals surface area contributed by atoms with Gasteiger partial charge in [0, 0.05) is 0 Å². The van der Waals surface area contributed by atoms with Gasteiger partial charge in [-0.3, -0.25) is 0 Å². The molecule has 0 amide bonds. The highest BCUT2D eigenvalue weighted by atomic mass is 16.5. The molecule has 0 N–H and O–H groups in total. The van der Waals surface area contributed by atoms with Crippen LogP contribution in [0.2, 0.25) is 0 Å². The van der Waals surface area contributed by atoms with E-state index < -0.39 is 5.97 Å². The lowest BCUT2D eigenvalue weighted by Gasteiger charge is -2.24. The molecule has 2 unspecified atom stereocenters. The highest BCUT2D eigenvalue weighted by Gasteiger charge is 2.19. The topological polar surface area (TPSA) is 61.3 Å². The van der Waals surface area contributed by atoms with Crippen LogP contribution >= 0.6 is 0 Å². The Morgan fingerprint density at radius 2 is 2.11 bits per heavy atom. The van der Waals surface area contributed by atoms with Crippen molar-refractivity contribution in [3.05, 3.63) is 30.2 Å². The zero-order valence-corrected chi connectivity index (χ0v) is 11.2. The summed E-state index contributed by atoms with van der Waals surface area (Å²) in [6.45, 7) is 2.85. The standard InChI is InChI=1S/C14H18N2O3/c1-10-5-3-4-6-11(10)9-19-13-8-15-12(7-16-13)14(17)18-2/h3-4,7-8,10-11H,5-6,9H2,1-2H3. The van der Waals surface area contributed by atoms with Crippen molar-refractivity contribution in [3.63, 3.8) is 0 Å². The molecule has 0 saturated heterocycles. The Bertz CT molecular complexity index is 456. The van der Waals surface area contributed by atoms with Crippen LogP contribution in [0.1, 0.15) is 30.3 Å². The van der Waals surface area contributed by atoms with E-state index >= 15 is 0 Å². The number of nitrogens with zero attached hydrogens (tertiary/aromatic N) is 2. The number of rotatable bonds is 4. The SMILES string of the molecule is COC(=O)c1cnc(OCC2CC=CCC2C)cn1. The highest BCUT2D eigenvalue weighted by molar-refractivity contribution is 5.86. The van der Waals surface area contributed by atoms with Crippen molar-refractivity contribution < 1.29 is 14.3 Å². The van der Waals surface area contributed by atoms with Crippen LogP contribution in [-0.2, 0) is 4.74 Å². The fourth-order valence-corrected chi connectivity index (χ4v) is 2.03. The molecular weight excluding hydrogens is 244 g/mol. The van der Waals surface area contributed by atoms with Crippen LogP contribution in [0, 0.1) is 11.8 Å². The summed E-state index contributed by atoms with van der Waals surface area (Å²) in [5, 5.41) is 0. The monoisotopic (exact) mass is 262 g/mol. The summed E-state index contributed by atoms with van der Waals surface area (Å²) >= 11 is 0. The van der Waals surface area contributed by atoms with Crippen molar-refractivity contribution in [1.82, 2.24) is 9.97 Å². The number of hydrogen-bond donors (Lipinski definition) is 0. The van der Waals surface area contributed by atoms with Gasteiger partial charge in [0.05, 0.1) is 26.1 Å². The number of methoxy groups -OCH3 is 1. The molecule has 1 aliphatic rings. The molecule has 0 saturated carbocycles. The Kier molecular flexibility index (Phi) is 4.49. The minimum atomic E-state index is -0.495. The summed E-state index contributed by atoms with van der Waals surface area (Å²) in [7, 11) is 1.31. The number of aromatic nitrogens is 2. The Labute approximate surface area is 112 Å². The van der Waals surface area contributed by atoms with Crippen molar-refractivity contribution in [2.24, 2.45) is 11.8 Å². The minimum absolute atomic E-state index is 0.184. The second kappa shape index (κ2) is 6.31. The lowest BCUT2D eigenvalue weighted by molar-refractivity contribution is 0.0593. The second-order valence-electron chi connectivity index (χ2n) is 4.72. The van der Waals surface area contributed by atoms with E-state index in [0.717, 1.165) is 12.8 Å². The van der Waals surface area contributed by atoms with Crippen LogP contribution in [0.5, 0.6) is 5.88 Å². The van der Waals surface area contributed by atoms with Gasteiger partial charge in [-0.15, -0.1) is 0 Å². The van der Waals surface area contributed by atoms with Gasteiger partial charge in [0.1, 0.15) is 0 Å². The highest BCUT2D eigenvalue weighted by Crippen LogP contribution is 2.25. The summed E-state index contributed by atoms with van der Waals surface area (Å²) in [6.07, 6.45) is 9.36. The molecule has 1 aromatic heterocycles. The first kappa shape index (κ1) is 13.5. The summed E-state index contributed by atoms with van der Waals surface area (Å²) in [4.78, 5) is 19.2. The van der Waals surface area contributed by atoms with Crippen molar-refractivity contribution in [2.45, 2.75) is 19.8 Å². The minimum Gasteiger partial charge on any atom is -0.476 e. The largest absolute Gasteiger partial charge is 0.476 e. The summed E-state index contributed by atoms with van der Waals surface area (Å²) in [5.74, 6) is 1.07. The van der Waals surface area contributed by atoms with Gasteiger partial charge in [0.25, 0.3) is 0 Å². The Hall–Kier alpha value is -1.91. The van der Waals surface area contributed by atoms with Crippen LogP contribution < -0.4 is 4.74 Å². The lowest BCUT2D eigenvalue weighted by atomic mass is 9.85. The number of carbonyl (C=O) groups is 1. The van der Waals surface area contributed by atoms with E-state index in [4.69, 9.17) is 4.74 Å². The molecule has 19 heavy (non-hydrogen) atoms. The maximum absolute atomic E-state index is 11.2. The van der Waals surface area contributed by atoms with E-state index in [1.807, 2.05) is 0 Å². The van der Waals surface area contributed by atoms with Crippen LogP contribution in [0.25, 0.3) is 0 Å². The predicted octanol–water partition coefficient (Wildman–Crippen LogP) is 2.24. The third kappa shape index (κ3) is 3.53. The van der Waals surface area contributed by atoms with E-state index in [2.05, 4.69) is 33.8 Å². The quantitative estimate of drug-likeness (QED) is 0.615. The first-order valence-electron chi connectivity index (χ1n) is 6.39. The number of carbonyl (C=O) groups excluding carboxylic acids is 1. The molecule has 5 heteroatoms. The average Bonchev–Trinajstić information content (AvgIpc) is 2.46. The number of allylic oxidation sites excluding steroid dienone is 2. The van der Waals surface area contributed by atoms with Gasteiger partial charge in [-0.25, -0.2) is 14.8 Å². The second-order valence-corrected chi connectivity index (χ2v) is 4.72. The van der Waals surface area contributed by atoms with Gasteiger partial charge in [-0.2, -0.15) is 0 Å². The average molecular weight is 262 g/mol. The Morgan fingerprint density at radius 1 is 1.32 bits per heavy atom. The third-order valence-corrected chi connectivity index (χ3v) is 3.39. The molecule has 5 nitrogen and oxygen atoms in total. The first-order valence-corrected chi connectivity index (χ1v) is 6.39. The van der Waals surface area contributed by atoms with Crippen LogP contribution in [-0.4, -0.2) is 29.7 Å². The summed E-state index contributed by atoms with van der Waals surface area (Å²) < 4.78 is 10.2. The van der Waals surface area contributed by atoms with Crippen LogP contribution in [0.3, 0.4) is 0 Å². The van der Waals surface area contributed by atoms with E-state index in [0.29, 0.717) is 24.3 Å². The molecule has 0 aliphatic heterocycles. The molecule has 0 bridgehead atoms. The molecule has 102 valence electrons. The third-order valence-electron chi connectivity index (χ3n) is 3.39.